The maximum atomic E-state index is 13.0. The zero-order chi connectivity index (χ0) is 9.14. The third kappa shape index (κ3) is 1.61. The first-order valence-electron chi connectivity index (χ1n) is 3.63. The lowest BCUT2D eigenvalue weighted by Gasteiger charge is -2.11. The van der Waals surface area contributed by atoms with Crippen molar-refractivity contribution in [2.75, 3.05) is 7.11 Å². The van der Waals surface area contributed by atoms with Gasteiger partial charge in [-0.3, -0.25) is 0 Å². The number of methoxy groups -OCH3 is 1. The summed E-state index contributed by atoms with van der Waals surface area (Å²) in [5.41, 5.74) is -0.0139. The van der Waals surface area contributed by atoms with Crippen molar-refractivity contribution in [2.45, 2.75) is 13.0 Å². The van der Waals surface area contributed by atoms with E-state index in [1.807, 2.05) is 0 Å². The molecular formula is C9H10F2O. The van der Waals surface area contributed by atoms with Crippen molar-refractivity contribution in [3.05, 3.63) is 35.4 Å². The van der Waals surface area contributed by atoms with Gasteiger partial charge in [-0.1, -0.05) is 6.07 Å². The summed E-state index contributed by atoms with van der Waals surface area (Å²) >= 11 is 0. The molecule has 0 aliphatic rings. The molecule has 0 radical (unpaired) electrons. The van der Waals surface area contributed by atoms with Crippen LogP contribution in [-0.4, -0.2) is 7.11 Å². The van der Waals surface area contributed by atoms with E-state index in [1.54, 1.807) is 6.92 Å². The van der Waals surface area contributed by atoms with Gasteiger partial charge in [-0.15, -0.1) is 0 Å². The predicted molar refractivity (Wildman–Crippen MR) is 41.8 cm³/mol. The highest BCUT2D eigenvalue weighted by molar-refractivity contribution is 5.21. The Balaban J connectivity index is 3.12. The topological polar surface area (TPSA) is 9.23 Å². The monoisotopic (exact) mass is 172 g/mol. The Hall–Kier alpha value is -0.960. The highest BCUT2D eigenvalue weighted by Crippen LogP contribution is 2.22. The van der Waals surface area contributed by atoms with Gasteiger partial charge in [-0.25, -0.2) is 8.78 Å². The predicted octanol–water partition coefficient (Wildman–Crippen LogP) is 2.67. The van der Waals surface area contributed by atoms with Crippen LogP contribution in [0.15, 0.2) is 18.2 Å². The zero-order valence-electron chi connectivity index (χ0n) is 6.97. The molecular weight excluding hydrogens is 162 g/mol. The molecule has 3 heteroatoms. The third-order valence-corrected chi connectivity index (χ3v) is 1.76. The second kappa shape index (κ2) is 3.63. The molecule has 0 saturated carbocycles. The molecule has 0 N–H and O–H groups in total. The average Bonchev–Trinajstić information content (AvgIpc) is 2.03. The number of benzene rings is 1. The first-order chi connectivity index (χ1) is 5.66. The van der Waals surface area contributed by atoms with Gasteiger partial charge in [0.25, 0.3) is 0 Å². The molecule has 1 atom stereocenters. The molecule has 0 aliphatic carbocycles. The van der Waals surface area contributed by atoms with Crippen molar-refractivity contribution < 1.29 is 13.5 Å². The molecule has 1 unspecified atom stereocenters. The van der Waals surface area contributed by atoms with Crippen molar-refractivity contribution >= 4 is 0 Å². The van der Waals surface area contributed by atoms with Gasteiger partial charge in [0.15, 0.2) is 0 Å². The van der Waals surface area contributed by atoms with Crippen LogP contribution in [0, 0.1) is 11.6 Å². The molecule has 0 fully saturated rings. The fourth-order valence-corrected chi connectivity index (χ4v) is 1.02. The normalized spacial score (nSPS) is 13.0. The van der Waals surface area contributed by atoms with Crippen molar-refractivity contribution in [3.8, 4) is 0 Å². The Morgan fingerprint density at radius 2 is 1.75 bits per heavy atom. The van der Waals surface area contributed by atoms with Crippen LogP contribution in [0.4, 0.5) is 8.78 Å². The molecule has 1 aromatic carbocycles. The lowest BCUT2D eigenvalue weighted by Crippen LogP contribution is -2.02. The Labute approximate surface area is 70.0 Å². The summed E-state index contributed by atoms with van der Waals surface area (Å²) in [7, 11) is 1.41. The van der Waals surface area contributed by atoms with Gasteiger partial charge in [-0.2, -0.15) is 0 Å². The Morgan fingerprint density at radius 1 is 1.25 bits per heavy atom. The van der Waals surface area contributed by atoms with E-state index in [0.29, 0.717) is 0 Å². The van der Waals surface area contributed by atoms with E-state index in [2.05, 4.69) is 0 Å². The van der Waals surface area contributed by atoms with E-state index in [4.69, 9.17) is 4.74 Å². The average molecular weight is 172 g/mol. The maximum absolute atomic E-state index is 13.0. The van der Waals surface area contributed by atoms with Crippen LogP contribution in [0.25, 0.3) is 0 Å². The number of rotatable bonds is 2. The standard InChI is InChI=1S/C9H10F2O/c1-6(12-2)9-7(10)4-3-5-8(9)11/h3-6H,1-2H3. The minimum atomic E-state index is -0.565. The van der Waals surface area contributed by atoms with Crippen LogP contribution in [0.2, 0.25) is 0 Å². The minimum absolute atomic E-state index is 0.0139. The molecule has 1 nitrogen and oxygen atoms in total. The van der Waals surface area contributed by atoms with Gasteiger partial charge in [0, 0.05) is 7.11 Å². The number of ether oxygens (including phenoxy) is 1. The molecule has 1 rings (SSSR count). The Kier molecular flexibility index (Phi) is 2.76. The highest BCUT2D eigenvalue weighted by atomic mass is 19.1. The maximum Gasteiger partial charge on any atom is 0.131 e. The van der Waals surface area contributed by atoms with Crippen LogP contribution >= 0.6 is 0 Å². The second-order valence-corrected chi connectivity index (χ2v) is 2.51. The van der Waals surface area contributed by atoms with Crippen LogP contribution in [0.1, 0.15) is 18.6 Å². The first-order valence-corrected chi connectivity index (χ1v) is 3.63. The molecule has 0 heterocycles. The summed E-state index contributed by atoms with van der Waals surface area (Å²) in [4.78, 5) is 0. The molecule has 0 spiro atoms. The minimum Gasteiger partial charge on any atom is -0.377 e. The summed E-state index contributed by atoms with van der Waals surface area (Å²) in [6.07, 6.45) is -0.550. The molecule has 66 valence electrons. The number of hydrogen-bond acceptors (Lipinski definition) is 1. The third-order valence-electron chi connectivity index (χ3n) is 1.76. The summed E-state index contributed by atoms with van der Waals surface area (Å²) < 4.78 is 30.8. The summed E-state index contributed by atoms with van der Waals surface area (Å²) in [6, 6.07) is 3.76. The second-order valence-electron chi connectivity index (χ2n) is 2.51. The van der Waals surface area contributed by atoms with Crippen LogP contribution in [0.5, 0.6) is 0 Å². The first kappa shape index (κ1) is 9.13. The molecule has 0 aliphatic heterocycles. The SMILES string of the molecule is COC(C)c1c(F)cccc1F. The van der Waals surface area contributed by atoms with Gasteiger partial charge in [0.05, 0.1) is 11.7 Å². The van der Waals surface area contributed by atoms with E-state index in [1.165, 1.54) is 25.3 Å². The van der Waals surface area contributed by atoms with E-state index >= 15 is 0 Å². The quantitative estimate of drug-likeness (QED) is 0.666. The largest absolute Gasteiger partial charge is 0.377 e. The highest BCUT2D eigenvalue weighted by Gasteiger charge is 2.14. The number of hydrogen-bond donors (Lipinski definition) is 0. The smallest absolute Gasteiger partial charge is 0.131 e. The Bertz CT molecular complexity index is 253. The van der Waals surface area contributed by atoms with Gasteiger partial charge in [0.2, 0.25) is 0 Å². The van der Waals surface area contributed by atoms with E-state index in [-0.39, 0.29) is 5.56 Å². The molecule has 1 aromatic rings. The van der Waals surface area contributed by atoms with Gasteiger partial charge < -0.3 is 4.74 Å². The van der Waals surface area contributed by atoms with E-state index in [9.17, 15) is 8.78 Å². The number of halogens is 2. The van der Waals surface area contributed by atoms with E-state index in [0.717, 1.165) is 0 Å². The molecule has 0 saturated heterocycles. The summed E-state index contributed by atoms with van der Waals surface area (Å²) in [5.74, 6) is -1.13. The zero-order valence-corrected chi connectivity index (χ0v) is 6.97. The van der Waals surface area contributed by atoms with Gasteiger partial charge in [0.1, 0.15) is 11.6 Å². The van der Waals surface area contributed by atoms with Crippen molar-refractivity contribution in [3.63, 3.8) is 0 Å². The van der Waals surface area contributed by atoms with Gasteiger partial charge in [-0.05, 0) is 19.1 Å². The van der Waals surface area contributed by atoms with E-state index < -0.39 is 17.7 Å². The van der Waals surface area contributed by atoms with Crippen molar-refractivity contribution in [2.24, 2.45) is 0 Å². The van der Waals surface area contributed by atoms with Crippen LogP contribution in [0.3, 0.4) is 0 Å². The molecule has 0 aromatic heterocycles. The summed E-state index contributed by atoms with van der Waals surface area (Å²) in [6.45, 7) is 1.60. The summed E-state index contributed by atoms with van der Waals surface area (Å²) in [5, 5.41) is 0. The van der Waals surface area contributed by atoms with Gasteiger partial charge >= 0.3 is 0 Å². The fraction of sp³-hybridized carbons (Fsp3) is 0.333. The van der Waals surface area contributed by atoms with Crippen LogP contribution in [-0.2, 0) is 4.74 Å². The lowest BCUT2D eigenvalue weighted by atomic mass is 10.1. The molecule has 12 heavy (non-hydrogen) atoms. The van der Waals surface area contributed by atoms with Crippen LogP contribution < -0.4 is 0 Å². The van der Waals surface area contributed by atoms with Crippen molar-refractivity contribution in [1.82, 2.24) is 0 Å². The molecule has 0 amide bonds. The fourth-order valence-electron chi connectivity index (χ4n) is 1.02. The molecule has 0 bridgehead atoms. The lowest BCUT2D eigenvalue weighted by molar-refractivity contribution is 0.112. The van der Waals surface area contributed by atoms with Crippen molar-refractivity contribution in [1.29, 1.82) is 0 Å². The Morgan fingerprint density at radius 3 is 2.17 bits per heavy atom.